The highest BCUT2D eigenvalue weighted by atomic mass is 16.2. The van der Waals surface area contributed by atoms with Gasteiger partial charge in [0.2, 0.25) is 17.7 Å². The van der Waals surface area contributed by atoms with E-state index in [0.29, 0.717) is 26.1 Å². The Kier molecular flexibility index (Phi) is 5.16. The van der Waals surface area contributed by atoms with Gasteiger partial charge < -0.3 is 15.1 Å². The highest BCUT2D eigenvalue weighted by Gasteiger charge is 2.33. The van der Waals surface area contributed by atoms with Gasteiger partial charge in [-0.25, -0.2) is 0 Å². The van der Waals surface area contributed by atoms with Crippen LogP contribution >= 0.6 is 0 Å². The van der Waals surface area contributed by atoms with Gasteiger partial charge in [-0.1, -0.05) is 18.2 Å². The molecule has 1 aromatic carbocycles. The third-order valence-corrected chi connectivity index (χ3v) is 4.72. The summed E-state index contributed by atoms with van der Waals surface area (Å²) in [6.07, 6.45) is 3.45. The normalized spacial score (nSPS) is 20.2. The number of carbonyl (C=O) groups excluding carboxylic acids is 3. The molecule has 6 nitrogen and oxygen atoms in total. The van der Waals surface area contributed by atoms with Crippen molar-refractivity contribution < 1.29 is 14.4 Å². The number of amides is 3. The van der Waals surface area contributed by atoms with Crippen LogP contribution in [0.4, 0.5) is 5.69 Å². The lowest BCUT2D eigenvalue weighted by Crippen LogP contribution is -2.32. The summed E-state index contributed by atoms with van der Waals surface area (Å²) in [6.45, 7) is 5.75. The zero-order valence-corrected chi connectivity index (χ0v) is 14.2. The highest BCUT2D eigenvalue weighted by Crippen LogP contribution is 2.22. The van der Waals surface area contributed by atoms with Crippen LogP contribution in [0, 0.1) is 5.92 Å². The summed E-state index contributed by atoms with van der Waals surface area (Å²) in [6, 6.07) is 7.67. The lowest BCUT2D eigenvalue weighted by atomic mass is 10.1. The molecule has 132 valence electrons. The first-order chi connectivity index (χ1) is 12.1. The van der Waals surface area contributed by atoms with E-state index in [1.165, 1.54) is 0 Å². The first kappa shape index (κ1) is 17.2. The van der Waals surface area contributed by atoms with Crippen molar-refractivity contribution in [1.82, 2.24) is 10.2 Å². The van der Waals surface area contributed by atoms with Crippen LogP contribution in [0.5, 0.6) is 0 Å². The second kappa shape index (κ2) is 7.51. The number of anilines is 1. The van der Waals surface area contributed by atoms with Crippen LogP contribution in [0.2, 0.25) is 0 Å². The second-order valence-corrected chi connectivity index (χ2v) is 6.52. The van der Waals surface area contributed by atoms with Crippen molar-refractivity contribution in [3.05, 3.63) is 42.5 Å². The van der Waals surface area contributed by atoms with Crippen LogP contribution in [-0.4, -0.2) is 42.3 Å². The first-order valence-electron chi connectivity index (χ1n) is 8.64. The maximum absolute atomic E-state index is 12.3. The van der Waals surface area contributed by atoms with Crippen LogP contribution < -0.4 is 10.2 Å². The van der Waals surface area contributed by atoms with Gasteiger partial charge in [0.15, 0.2) is 0 Å². The van der Waals surface area contributed by atoms with Crippen molar-refractivity contribution in [2.45, 2.75) is 25.8 Å². The van der Waals surface area contributed by atoms with E-state index in [-0.39, 0.29) is 30.1 Å². The topological polar surface area (TPSA) is 69.7 Å². The summed E-state index contributed by atoms with van der Waals surface area (Å²) in [7, 11) is 0. The van der Waals surface area contributed by atoms with Crippen molar-refractivity contribution in [2.75, 3.05) is 24.5 Å². The Balaban J connectivity index is 1.51. The van der Waals surface area contributed by atoms with Crippen LogP contribution in [0.15, 0.2) is 36.9 Å². The average Bonchev–Trinajstić information content (AvgIpc) is 3.20. The Morgan fingerprint density at radius 3 is 2.64 bits per heavy atom. The summed E-state index contributed by atoms with van der Waals surface area (Å²) in [5, 5.41) is 2.90. The molecule has 2 aliphatic rings. The largest absolute Gasteiger partial charge is 0.352 e. The van der Waals surface area contributed by atoms with Gasteiger partial charge in [0.1, 0.15) is 0 Å². The minimum atomic E-state index is -0.297. The number of nitrogens with one attached hydrogen (secondary N) is 1. The van der Waals surface area contributed by atoms with E-state index in [1.54, 1.807) is 15.9 Å². The van der Waals surface area contributed by atoms with Crippen molar-refractivity contribution in [3.63, 3.8) is 0 Å². The van der Waals surface area contributed by atoms with Crippen LogP contribution in [0.3, 0.4) is 0 Å². The first-order valence-corrected chi connectivity index (χ1v) is 8.64. The van der Waals surface area contributed by atoms with Crippen LogP contribution in [0.1, 0.15) is 24.8 Å². The fourth-order valence-electron chi connectivity index (χ4n) is 3.33. The number of rotatable bonds is 6. The van der Waals surface area contributed by atoms with Gasteiger partial charge in [-0.05, 0) is 24.1 Å². The van der Waals surface area contributed by atoms with E-state index in [0.717, 1.165) is 24.2 Å². The van der Waals surface area contributed by atoms with Gasteiger partial charge >= 0.3 is 0 Å². The van der Waals surface area contributed by atoms with Gasteiger partial charge in [-0.2, -0.15) is 0 Å². The van der Waals surface area contributed by atoms with E-state index in [9.17, 15) is 14.4 Å². The van der Waals surface area contributed by atoms with E-state index < -0.39 is 0 Å². The SMILES string of the molecule is C=CCN1C[C@H](C(=O)NCc2ccc(N3CCCC3=O)cc2)CC1=O. The molecule has 6 heteroatoms. The zero-order valence-electron chi connectivity index (χ0n) is 14.2. The number of hydrogen-bond acceptors (Lipinski definition) is 3. The van der Waals surface area contributed by atoms with Gasteiger partial charge in [-0.3, -0.25) is 14.4 Å². The van der Waals surface area contributed by atoms with Crippen molar-refractivity contribution in [1.29, 1.82) is 0 Å². The fraction of sp³-hybridized carbons (Fsp3) is 0.421. The molecule has 3 rings (SSSR count). The minimum Gasteiger partial charge on any atom is -0.352 e. The molecule has 25 heavy (non-hydrogen) atoms. The molecule has 0 aromatic heterocycles. The molecule has 0 bridgehead atoms. The number of likely N-dealkylation sites (tertiary alicyclic amines) is 1. The van der Waals surface area contributed by atoms with E-state index in [2.05, 4.69) is 11.9 Å². The summed E-state index contributed by atoms with van der Waals surface area (Å²) < 4.78 is 0. The standard InChI is InChI=1S/C19H23N3O3/c1-2-9-21-13-15(11-18(21)24)19(25)20-12-14-5-7-16(8-6-14)22-10-3-4-17(22)23/h2,5-8,15H,1,3-4,9-13H2,(H,20,25)/t15-/m1/s1. The molecule has 2 saturated heterocycles. The predicted molar refractivity (Wildman–Crippen MR) is 94.8 cm³/mol. The molecule has 2 heterocycles. The summed E-state index contributed by atoms with van der Waals surface area (Å²) in [5.41, 5.74) is 1.87. The molecule has 0 saturated carbocycles. The van der Waals surface area contributed by atoms with E-state index >= 15 is 0 Å². The van der Waals surface area contributed by atoms with Crippen LogP contribution in [-0.2, 0) is 20.9 Å². The molecule has 2 aliphatic heterocycles. The molecule has 0 aliphatic carbocycles. The quantitative estimate of drug-likeness (QED) is 0.797. The number of nitrogens with zero attached hydrogens (tertiary/aromatic N) is 2. The van der Waals surface area contributed by atoms with Gasteiger partial charge in [0, 0.05) is 44.7 Å². The smallest absolute Gasteiger partial charge is 0.227 e. The van der Waals surface area contributed by atoms with Crippen molar-refractivity contribution in [3.8, 4) is 0 Å². The Morgan fingerprint density at radius 1 is 1.24 bits per heavy atom. The highest BCUT2D eigenvalue weighted by molar-refractivity contribution is 5.95. The third kappa shape index (κ3) is 3.90. The Bertz CT molecular complexity index is 684. The molecule has 3 amide bonds. The maximum Gasteiger partial charge on any atom is 0.227 e. The molecule has 1 atom stereocenters. The Hall–Kier alpha value is -2.63. The third-order valence-electron chi connectivity index (χ3n) is 4.72. The molecular weight excluding hydrogens is 318 g/mol. The van der Waals surface area contributed by atoms with Gasteiger partial charge in [0.25, 0.3) is 0 Å². The number of benzene rings is 1. The van der Waals surface area contributed by atoms with Gasteiger partial charge in [0.05, 0.1) is 5.92 Å². The number of carbonyl (C=O) groups is 3. The molecule has 0 spiro atoms. The minimum absolute atomic E-state index is 0.000293. The maximum atomic E-state index is 12.3. The van der Waals surface area contributed by atoms with E-state index in [1.807, 2.05) is 24.3 Å². The molecule has 1 N–H and O–H groups in total. The lowest BCUT2D eigenvalue weighted by molar-refractivity contribution is -0.128. The molecule has 1 aromatic rings. The average molecular weight is 341 g/mol. The van der Waals surface area contributed by atoms with Crippen LogP contribution in [0.25, 0.3) is 0 Å². The molecule has 2 fully saturated rings. The summed E-state index contributed by atoms with van der Waals surface area (Å²) in [5.74, 6) is -0.233. The predicted octanol–water partition coefficient (Wildman–Crippen LogP) is 1.46. The van der Waals surface area contributed by atoms with Gasteiger partial charge in [-0.15, -0.1) is 6.58 Å². The number of hydrogen-bond donors (Lipinski definition) is 1. The lowest BCUT2D eigenvalue weighted by Gasteiger charge is -2.16. The fourth-order valence-corrected chi connectivity index (χ4v) is 3.33. The van der Waals surface area contributed by atoms with Crippen molar-refractivity contribution >= 4 is 23.4 Å². The van der Waals surface area contributed by atoms with Crippen molar-refractivity contribution in [2.24, 2.45) is 5.92 Å². The Labute approximate surface area is 147 Å². The summed E-state index contributed by atoms with van der Waals surface area (Å²) >= 11 is 0. The molecule has 0 radical (unpaired) electrons. The zero-order chi connectivity index (χ0) is 17.8. The van der Waals surface area contributed by atoms with E-state index in [4.69, 9.17) is 0 Å². The molecular formula is C19H23N3O3. The molecule has 0 unspecified atom stereocenters. The second-order valence-electron chi connectivity index (χ2n) is 6.52. The Morgan fingerprint density at radius 2 is 2.00 bits per heavy atom. The summed E-state index contributed by atoms with van der Waals surface area (Å²) in [4.78, 5) is 39.3. The monoisotopic (exact) mass is 341 g/mol.